The van der Waals surface area contributed by atoms with E-state index in [2.05, 4.69) is 39.8 Å². The molecule has 10 unspecified atom stereocenters. The molecule has 2 aromatic rings. The zero-order valence-corrected chi connectivity index (χ0v) is 35.0. The van der Waals surface area contributed by atoms with Crippen LogP contribution in [-0.4, -0.2) is 131 Å². The highest BCUT2D eigenvalue weighted by atomic mass is 32.2. The Morgan fingerprint density at radius 2 is 1.62 bits per heavy atom. The highest BCUT2D eigenvalue weighted by Crippen LogP contribution is 2.40. The summed E-state index contributed by atoms with van der Waals surface area (Å²) in [5.41, 5.74) is 5.06. The Hall–Kier alpha value is -3.05. The van der Waals surface area contributed by atoms with Crippen molar-refractivity contribution in [1.29, 1.82) is 0 Å². The topological polar surface area (TPSA) is 162 Å². The molecule has 56 heavy (non-hydrogen) atoms. The van der Waals surface area contributed by atoms with Gasteiger partial charge in [-0.05, 0) is 66.1 Å². The van der Waals surface area contributed by atoms with E-state index in [1.54, 1.807) is 23.5 Å². The first kappa shape index (κ1) is 42.6. The van der Waals surface area contributed by atoms with Crippen LogP contribution in [0.25, 0.3) is 20.8 Å². The van der Waals surface area contributed by atoms with Gasteiger partial charge in [0.1, 0.15) is 20.2 Å². The molecule has 4 aliphatic rings. The number of aliphatic hydroxyl groups excluding tert-OH is 4. The predicted octanol–water partition coefficient (Wildman–Crippen LogP) is 3.04. The molecule has 12 nitrogen and oxygen atoms in total. The molecular weight excluding hydrogens is 755 g/mol. The molecule has 0 aromatic heterocycles. The number of sulfone groups is 1. The zero-order valence-electron chi connectivity index (χ0n) is 33.4. The number of aromatic nitrogens is 1. The van der Waals surface area contributed by atoms with Gasteiger partial charge in [-0.3, -0.25) is 0 Å². The lowest BCUT2D eigenvalue weighted by Crippen LogP contribution is -2.57. The molecule has 14 heteroatoms. The standard InChI is InChI=1S/C42H58N3O9S2/c1-24-28(20-36(40(49)39(24)48)54-41-25(2)38(47)35(52-7)19-27(41)22-46)23-53-16-17-56(50,51)30-11-8-26(9-12-30)18-31-34(45(5)6)15-14-33-42(31)55-37-21-29(44(3)4)10-13-32(37)43-33/h8-15,21,24-25,27-28,35-36,38-41,46-49H,16-20,22-23H2,1-7H3/q+1. The molecule has 6 rings (SSSR count). The van der Waals surface area contributed by atoms with Gasteiger partial charge in [0.25, 0.3) is 0 Å². The van der Waals surface area contributed by atoms with Crippen LogP contribution in [0, 0.1) is 23.7 Å². The summed E-state index contributed by atoms with van der Waals surface area (Å²) in [6.45, 7) is 3.65. The molecule has 0 saturated heterocycles. The second-order valence-corrected chi connectivity index (χ2v) is 19.2. The van der Waals surface area contributed by atoms with Crippen molar-refractivity contribution >= 4 is 37.1 Å². The summed E-state index contributed by atoms with van der Waals surface area (Å²) < 4.78 is 47.7. The van der Waals surface area contributed by atoms with E-state index in [4.69, 9.17) is 19.2 Å². The van der Waals surface area contributed by atoms with Gasteiger partial charge in [0, 0.05) is 70.5 Å². The molecule has 0 spiro atoms. The van der Waals surface area contributed by atoms with Crippen molar-refractivity contribution in [3.63, 3.8) is 0 Å². The average molecular weight is 813 g/mol. The number of hydrogen-bond acceptors (Lipinski definition) is 12. The molecule has 2 fully saturated rings. The Morgan fingerprint density at radius 1 is 0.911 bits per heavy atom. The lowest BCUT2D eigenvalue weighted by atomic mass is 9.74. The van der Waals surface area contributed by atoms with E-state index in [9.17, 15) is 28.8 Å². The van der Waals surface area contributed by atoms with Crippen LogP contribution in [0.1, 0.15) is 37.8 Å². The first-order valence-corrected chi connectivity index (χ1v) is 21.9. The van der Waals surface area contributed by atoms with E-state index in [1.165, 1.54) is 7.11 Å². The molecule has 1 heterocycles. The van der Waals surface area contributed by atoms with Gasteiger partial charge in [0.05, 0.1) is 68.6 Å². The third kappa shape index (κ3) is 8.98. The van der Waals surface area contributed by atoms with Crippen molar-refractivity contribution in [2.75, 3.05) is 65.8 Å². The fourth-order valence-electron chi connectivity index (χ4n) is 8.33. The Kier molecular flexibility index (Phi) is 13.6. The fraction of sp³-hybridized carbons (Fsp3) is 0.571. The fourth-order valence-corrected chi connectivity index (χ4v) is 10.6. The smallest absolute Gasteiger partial charge is 0.201 e. The number of fused-ring (bicyclic) bond motifs is 2. The van der Waals surface area contributed by atoms with Crippen LogP contribution in [0.5, 0.6) is 0 Å². The minimum absolute atomic E-state index is 0.0333. The number of methoxy groups -OCH3 is 1. The summed E-state index contributed by atoms with van der Waals surface area (Å²) in [6.07, 6.45) is -3.38. The van der Waals surface area contributed by atoms with E-state index in [-0.39, 0.29) is 54.1 Å². The van der Waals surface area contributed by atoms with Crippen molar-refractivity contribution < 1.29 is 43.1 Å². The van der Waals surface area contributed by atoms with Gasteiger partial charge >= 0.3 is 0 Å². The summed E-state index contributed by atoms with van der Waals surface area (Å²) in [7, 11) is 5.96. The van der Waals surface area contributed by atoms with Crippen LogP contribution in [-0.2, 0) is 30.5 Å². The van der Waals surface area contributed by atoms with Crippen LogP contribution in [0.4, 0.5) is 5.69 Å². The van der Waals surface area contributed by atoms with Crippen molar-refractivity contribution in [1.82, 2.24) is 9.56 Å². The molecule has 2 saturated carbocycles. The van der Waals surface area contributed by atoms with E-state index in [0.717, 1.165) is 43.0 Å². The monoisotopic (exact) mass is 812 g/mol. The van der Waals surface area contributed by atoms with Crippen LogP contribution < -0.4 is 14.8 Å². The second-order valence-electron chi connectivity index (χ2n) is 16.1. The molecule has 1 aliphatic heterocycles. The van der Waals surface area contributed by atoms with Crippen molar-refractivity contribution in [3.05, 3.63) is 71.1 Å². The molecule has 0 radical (unpaired) electrons. The quantitative estimate of drug-likeness (QED) is 0.0893. The van der Waals surface area contributed by atoms with Crippen LogP contribution >= 0.6 is 11.3 Å². The molecule has 0 amide bonds. The van der Waals surface area contributed by atoms with Crippen molar-refractivity contribution in [2.24, 2.45) is 23.7 Å². The molecule has 4 N–H and O–H groups in total. The van der Waals surface area contributed by atoms with Gasteiger partial charge in [-0.15, -0.1) is 11.3 Å². The molecular formula is C42H58N3O9S2+. The Balaban J connectivity index is 1.10. The first-order chi connectivity index (χ1) is 26.6. The lowest BCUT2D eigenvalue weighted by molar-refractivity contribution is -0.216. The third-order valence-electron chi connectivity index (χ3n) is 12.0. The van der Waals surface area contributed by atoms with E-state index < -0.39 is 46.5 Å². The first-order valence-electron chi connectivity index (χ1n) is 19.4. The third-order valence-corrected chi connectivity index (χ3v) is 14.9. The summed E-state index contributed by atoms with van der Waals surface area (Å²) in [5, 5.41) is 43.9. The van der Waals surface area contributed by atoms with Gasteiger partial charge in [0.2, 0.25) is 5.36 Å². The SMILES string of the molecule is COC1CC(CO)C(OC2CC(COCCS(=O)(=O)c3ccc(Cc4c(N(C)C)ccc5nc6ccc(=[N+](C)C)cc-6sc45)cc3)C(C)C(O)C2O)C(C)C1O. The Bertz CT molecular complexity index is 2100. The average Bonchev–Trinajstić information content (AvgIpc) is 3.18. The molecule has 2 aromatic carbocycles. The highest BCUT2D eigenvalue weighted by Gasteiger charge is 2.47. The second kappa shape index (κ2) is 17.8. The summed E-state index contributed by atoms with van der Waals surface area (Å²) in [6, 6.07) is 17.5. The Labute approximate surface area is 334 Å². The maximum Gasteiger partial charge on any atom is 0.201 e. The number of hydrogen-bond donors (Lipinski definition) is 4. The number of anilines is 1. The largest absolute Gasteiger partial charge is 0.396 e. The number of aliphatic hydroxyl groups is 4. The van der Waals surface area contributed by atoms with Gasteiger partial charge in [-0.2, -0.15) is 0 Å². The minimum Gasteiger partial charge on any atom is -0.396 e. The maximum absolute atomic E-state index is 13.4. The van der Waals surface area contributed by atoms with Gasteiger partial charge in [0.15, 0.2) is 9.84 Å². The zero-order chi connectivity index (χ0) is 40.5. The number of ether oxygens (including phenoxy) is 3. The molecule has 10 atom stereocenters. The number of nitrogens with zero attached hydrogens (tertiary/aromatic N) is 3. The van der Waals surface area contributed by atoms with Crippen molar-refractivity contribution in [3.8, 4) is 10.6 Å². The normalized spacial score (nSPS) is 28.5. The van der Waals surface area contributed by atoms with Crippen LogP contribution in [0.15, 0.2) is 59.5 Å². The van der Waals surface area contributed by atoms with Crippen molar-refractivity contribution in [2.45, 2.75) is 74.6 Å². The molecule has 0 bridgehead atoms. The molecule has 306 valence electrons. The maximum atomic E-state index is 13.4. The predicted molar refractivity (Wildman–Crippen MR) is 219 cm³/mol. The lowest BCUT2D eigenvalue weighted by Gasteiger charge is -2.47. The summed E-state index contributed by atoms with van der Waals surface area (Å²) in [5.74, 6) is -1.42. The number of benzene rings is 3. The summed E-state index contributed by atoms with van der Waals surface area (Å²) in [4.78, 5) is 8.39. The summed E-state index contributed by atoms with van der Waals surface area (Å²) >= 11 is 1.72. The Morgan fingerprint density at radius 3 is 2.29 bits per heavy atom. The van der Waals surface area contributed by atoms with Crippen LogP contribution in [0.3, 0.4) is 0 Å². The van der Waals surface area contributed by atoms with E-state index >= 15 is 0 Å². The van der Waals surface area contributed by atoms with Gasteiger partial charge in [-0.1, -0.05) is 26.0 Å². The van der Waals surface area contributed by atoms with E-state index in [1.807, 2.05) is 54.2 Å². The van der Waals surface area contributed by atoms with Crippen LogP contribution in [0.2, 0.25) is 0 Å². The van der Waals surface area contributed by atoms with E-state index in [0.29, 0.717) is 19.3 Å². The highest BCUT2D eigenvalue weighted by molar-refractivity contribution is 7.91. The number of rotatable bonds is 13. The minimum atomic E-state index is -3.65. The van der Waals surface area contributed by atoms with Gasteiger partial charge < -0.3 is 39.5 Å². The van der Waals surface area contributed by atoms with Gasteiger partial charge in [-0.25, -0.2) is 18.0 Å². The molecule has 3 aliphatic carbocycles.